The van der Waals surface area contributed by atoms with Crippen LogP contribution in [0.1, 0.15) is 124 Å². The average molecular weight is 1360 g/mol. The zero-order valence-corrected chi connectivity index (χ0v) is 56.4. The number of nitrogens with one attached hydrogen (secondary N) is 16. The van der Waals surface area contributed by atoms with Crippen molar-refractivity contribution in [3.05, 3.63) is 99.2 Å². The molecule has 0 unspecified atom stereocenters. The fraction of sp³-hybridized carbons (Fsp3) is 0.590. The third-order valence-corrected chi connectivity index (χ3v) is 13.6. The summed E-state index contributed by atoms with van der Waals surface area (Å²) in [6, 6.07) is -11.0. The lowest BCUT2D eigenvalue weighted by Gasteiger charge is -2.28. The van der Waals surface area contributed by atoms with Gasteiger partial charge in [-0.2, -0.15) is 0 Å². The Kier molecular flexibility index (Phi) is 42.5. The number of hydrogen-bond acceptors (Lipinski definition) is 26. The molecule has 0 saturated carbocycles. The zero-order chi connectivity index (χ0) is 72.9. The van der Waals surface area contributed by atoms with Gasteiger partial charge in [0.1, 0.15) is 53.9 Å². The van der Waals surface area contributed by atoms with Crippen molar-refractivity contribution < 1.29 is 53.0 Å². The van der Waals surface area contributed by atoms with Crippen LogP contribution in [0.5, 0.6) is 0 Å². The van der Waals surface area contributed by atoms with Gasteiger partial charge in [0.15, 0.2) is 0 Å². The van der Waals surface area contributed by atoms with Crippen molar-refractivity contribution >= 4 is 53.4 Å². The van der Waals surface area contributed by atoms with E-state index in [0.717, 1.165) is 0 Å². The van der Waals surface area contributed by atoms with Gasteiger partial charge in [0, 0.05) is 52.4 Å². The largest absolute Gasteiger partial charge is 0.480 e. The fourth-order valence-electron chi connectivity index (χ4n) is 8.94. The summed E-state index contributed by atoms with van der Waals surface area (Å²) in [5.41, 5.74) is 44.9. The number of carboxylic acid groups (broad SMARTS) is 1. The molecule has 8 amide bonds. The molecule has 0 aromatic heterocycles. The van der Waals surface area contributed by atoms with Gasteiger partial charge in [0.2, 0.25) is 41.4 Å². The lowest BCUT2D eigenvalue weighted by molar-refractivity contribution is -0.142. The van der Waals surface area contributed by atoms with Gasteiger partial charge in [-0.3, -0.25) is 33.6 Å². The highest BCUT2D eigenvalue weighted by atomic mass is 16.6. The first-order valence-corrected chi connectivity index (χ1v) is 31.8. The summed E-state index contributed by atoms with van der Waals surface area (Å²) in [6.07, 6.45) is 0.461. The molecule has 0 saturated heterocycles. The minimum absolute atomic E-state index is 0.0249. The highest BCUT2D eigenvalue weighted by Gasteiger charge is 2.35. The number of carbonyl (C=O) groups excluding carboxylic acids is 8. The smallest absolute Gasteiger partial charge is 0.408 e. The number of aliphatic carboxylic acids is 1. The molecule has 35 heteroatoms. The van der Waals surface area contributed by atoms with Crippen LogP contribution in [0.25, 0.3) is 0 Å². The topological polar surface area (TPSA) is 584 Å². The highest BCUT2D eigenvalue weighted by Crippen LogP contribution is 2.12. The Morgan fingerprint density at radius 2 is 0.438 bits per heavy atom. The Labute approximate surface area is 564 Å². The van der Waals surface area contributed by atoms with Crippen LogP contribution in [-0.4, -0.2) is 165 Å². The van der Waals surface area contributed by atoms with Gasteiger partial charge >= 0.3 is 12.1 Å². The quantitative estimate of drug-likeness (QED) is 0.0257. The second-order valence-electron chi connectivity index (χ2n) is 23.7. The maximum atomic E-state index is 14.9. The number of nitrogens with two attached hydrogens (primary N) is 8. The molecular weight excluding hydrogens is 1240 g/mol. The molecule has 544 valence electrons. The number of hydrogen-bond donors (Lipinski definition) is 25. The van der Waals surface area contributed by atoms with Crippen LogP contribution in [0.4, 0.5) is 4.79 Å². The Hall–Kier alpha value is -10.2. The highest BCUT2D eigenvalue weighted by molar-refractivity contribution is 5.98. The van der Waals surface area contributed by atoms with Crippen LogP contribution in [-0.2, 0) is 43.1 Å². The Morgan fingerprint density at radius 3 is 0.583 bits per heavy atom. The van der Waals surface area contributed by atoms with Crippen LogP contribution in [0, 0.1) is 0 Å². The van der Waals surface area contributed by atoms with Gasteiger partial charge in [0.25, 0.3) is 0 Å². The van der Waals surface area contributed by atoms with E-state index < -0.39 is 107 Å². The van der Waals surface area contributed by atoms with Gasteiger partial charge in [0.05, 0.1) is 46.6 Å². The first-order valence-electron chi connectivity index (χ1n) is 31.8. The van der Waals surface area contributed by atoms with Crippen molar-refractivity contribution in [2.24, 2.45) is 45.9 Å². The summed E-state index contributed by atoms with van der Waals surface area (Å²) in [7, 11) is 0. The molecule has 33 N–H and O–H groups in total. The van der Waals surface area contributed by atoms with Gasteiger partial charge in [-0.15, -0.1) is 0 Å². The van der Waals surface area contributed by atoms with Crippen molar-refractivity contribution in [1.82, 2.24) is 85.1 Å². The third kappa shape index (κ3) is 43.6. The fourth-order valence-corrected chi connectivity index (χ4v) is 8.94. The predicted molar refractivity (Wildman–Crippen MR) is 369 cm³/mol. The third-order valence-electron chi connectivity index (χ3n) is 13.6. The Morgan fingerprint density at radius 1 is 0.292 bits per heavy atom. The van der Waals surface area contributed by atoms with Gasteiger partial charge in [-0.25, -0.2) is 9.59 Å². The molecule has 0 spiro atoms. The second-order valence-corrected chi connectivity index (χ2v) is 23.7. The van der Waals surface area contributed by atoms with Crippen molar-refractivity contribution in [3.8, 4) is 0 Å². The molecule has 35 nitrogen and oxygen atoms in total. The van der Waals surface area contributed by atoms with Crippen molar-refractivity contribution in [2.75, 3.05) is 52.4 Å². The first-order chi connectivity index (χ1) is 45.0. The van der Waals surface area contributed by atoms with Crippen LogP contribution >= 0.6 is 0 Å². The van der Waals surface area contributed by atoms with E-state index in [1.165, 1.54) is 0 Å². The van der Waals surface area contributed by atoms with Crippen LogP contribution in [0.15, 0.2) is 99.2 Å². The van der Waals surface area contributed by atoms with E-state index in [9.17, 15) is 48.3 Å². The van der Waals surface area contributed by atoms with Crippen molar-refractivity contribution in [3.63, 3.8) is 0 Å². The lowest BCUT2D eigenvalue weighted by Crippen LogP contribution is -2.60. The van der Waals surface area contributed by atoms with Crippen molar-refractivity contribution in [1.29, 1.82) is 0 Å². The van der Waals surface area contributed by atoms with E-state index in [1.807, 2.05) is 0 Å². The molecule has 0 radical (unpaired) electrons. The second kappa shape index (κ2) is 47.6. The van der Waals surface area contributed by atoms with E-state index in [0.29, 0.717) is 6.42 Å². The van der Waals surface area contributed by atoms with Gasteiger partial charge < -0.3 is 141 Å². The molecule has 96 heavy (non-hydrogen) atoms. The van der Waals surface area contributed by atoms with Crippen LogP contribution < -0.4 is 131 Å². The van der Waals surface area contributed by atoms with Gasteiger partial charge in [-0.05, 0) is 124 Å². The van der Waals surface area contributed by atoms with E-state index in [1.54, 1.807) is 20.8 Å². The SMILES string of the molecule is C=C(N)NCCC[C@H](NC(=O)[C@H](CCCNC(=C)N)NC(=O)[C@H](CCCNC(=C)N)NC(=O)[C@H](CCCNC(=C)N)NC(=O)[C@H](CCCNC(=C)N)NC(=O)[C@H](CCCNC(=C)N)NC(=O)[C@H](CCCNC(=C)N)NC(=O)[C@H](CCCNC(=C)N)NC(=O)OC(C)(C)C)C(=O)O. The number of carboxylic acids is 1. The van der Waals surface area contributed by atoms with Crippen LogP contribution in [0.2, 0.25) is 0 Å². The number of ether oxygens (including phenoxy) is 1. The number of rotatable bonds is 56. The molecule has 0 aliphatic carbocycles. The molecule has 0 aromatic rings. The van der Waals surface area contributed by atoms with E-state index in [2.05, 4.69) is 138 Å². The van der Waals surface area contributed by atoms with E-state index >= 15 is 0 Å². The lowest BCUT2D eigenvalue weighted by atomic mass is 10.0. The molecule has 0 fully saturated rings. The number of amides is 8. The van der Waals surface area contributed by atoms with E-state index in [-0.39, 0.29) is 195 Å². The summed E-state index contributed by atoms with van der Waals surface area (Å²) in [4.78, 5) is 127. The monoisotopic (exact) mass is 1360 g/mol. The molecule has 0 heterocycles. The Balaban J connectivity index is 7.63. The molecule has 0 rings (SSSR count). The van der Waals surface area contributed by atoms with Gasteiger partial charge in [-0.1, -0.05) is 52.6 Å². The minimum atomic E-state index is -1.44. The summed E-state index contributed by atoms with van der Waals surface area (Å²) in [6.45, 7) is 35.6. The summed E-state index contributed by atoms with van der Waals surface area (Å²) < 4.78 is 5.44. The van der Waals surface area contributed by atoms with Crippen molar-refractivity contribution in [2.45, 2.75) is 177 Å². The normalized spacial score (nSPS) is 13.2. The molecule has 0 bridgehead atoms. The predicted octanol–water partition coefficient (Wildman–Crippen LogP) is -4.24. The van der Waals surface area contributed by atoms with Crippen LogP contribution in [0.3, 0.4) is 0 Å². The molecule has 0 aliphatic rings. The molecular formula is C61H114N24O11. The summed E-state index contributed by atoms with van der Waals surface area (Å²) in [5.74, 6) is -6.13. The number of carbonyl (C=O) groups is 9. The van der Waals surface area contributed by atoms with E-state index in [4.69, 9.17) is 50.6 Å². The summed E-state index contributed by atoms with van der Waals surface area (Å²) >= 11 is 0. The Bertz CT molecular complexity index is 2620. The minimum Gasteiger partial charge on any atom is -0.480 e. The molecule has 0 aromatic carbocycles. The first kappa shape index (κ1) is 85.8. The maximum Gasteiger partial charge on any atom is 0.408 e. The molecule has 8 atom stereocenters. The summed E-state index contributed by atoms with van der Waals surface area (Å²) in [5, 5.41) is 54.3. The number of alkyl carbamates (subject to hydrolysis) is 1. The standard InChI is InChI=1S/C61H114N24O11/c1-36(62)70-28-12-20-44(79-54(88)46(22-14-30-72-38(3)64)81-56(90)48(24-16-32-74-40(5)66)83-58(92)50(26-18-34-76-42(7)68)85-60(95)96-61(9,10)11)52(86)78-45(21-13-29-71-37(2)63)53(87)80-47(23-15-31-73-39(4)65)55(89)82-49(25-17-33-75-41(6)67)57(91)84-51(59(93)94)27-19-35-77-43(8)69/h44-51,70-77H,1-8,12-35,62-69H2,9-11H3,(H,78,86)(H,79,88)(H,80,87)(H,81,90)(H,82,89)(H,83,92)(H,84,91)(H,85,95)(H,93,94)/t44-,45-,46-,47-,48-,49-,50-,51-/m0/s1. The molecule has 0 aliphatic heterocycles. The maximum absolute atomic E-state index is 14.9. The zero-order valence-electron chi connectivity index (χ0n) is 56.4. The average Bonchev–Trinajstić information content (AvgIpc) is 1.08.